The van der Waals surface area contributed by atoms with Crippen molar-refractivity contribution < 1.29 is 4.39 Å². The summed E-state index contributed by atoms with van der Waals surface area (Å²) < 4.78 is 12.6. The van der Waals surface area contributed by atoms with Gasteiger partial charge >= 0.3 is 0 Å². The molecule has 68 valence electrons. The summed E-state index contributed by atoms with van der Waals surface area (Å²) >= 11 is 0. The van der Waals surface area contributed by atoms with Crippen LogP contribution >= 0.6 is 0 Å². The third-order valence-corrected chi connectivity index (χ3v) is 1.88. The maximum atomic E-state index is 12.6. The Hall–Kier alpha value is -0.110. The molecule has 0 aromatic carbocycles. The van der Waals surface area contributed by atoms with Gasteiger partial charge in [0.15, 0.2) is 0 Å². The third kappa shape index (κ3) is 5.19. The summed E-state index contributed by atoms with van der Waals surface area (Å²) in [5, 5.41) is 0. The van der Waals surface area contributed by atoms with Gasteiger partial charge in [-0.3, -0.25) is 0 Å². The molecule has 0 aromatic rings. The van der Waals surface area contributed by atoms with Gasteiger partial charge < -0.3 is 4.90 Å². The molecule has 0 radical (unpaired) electrons. The lowest BCUT2D eigenvalue weighted by molar-refractivity contribution is 0.290. The normalized spacial score (nSPS) is 26.7. The average Bonchev–Trinajstić information content (AvgIpc) is 2.20. The van der Waals surface area contributed by atoms with Crippen LogP contribution in [0.25, 0.3) is 0 Å². The largest absolute Gasteiger partial charge is 0.306 e. The van der Waals surface area contributed by atoms with Gasteiger partial charge in [-0.2, -0.15) is 0 Å². The van der Waals surface area contributed by atoms with Crippen molar-refractivity contribution in [2.45, 2.75) is 39.3 Å². The smallest absolute Gasteiger partial charge is 0.101 e. The van der Waals surface area contributed by atoms with Crippen LogP contribution in [0, 0.1) is 0 Å². The highest BCUT2D eigenvalue weighted by atomic mass is 19.1. The van der Waals surface area contributed by atoms with Gasteiger partial charge in [0.2, 0.25) is 0 Å². The summed E-state index contributed by atoms with van der Waals surface area (Å²) in [5.74, 6) is 0. The highest BCUT2D eigenvalue weighted by Crippen LogP contribution is 2.11. The molecule has 1 fully saturated rings. The van der Waals surface area contributed by atoms with E-state index < -0.39 is 6.17 Å². The lowest BCUT2D eigenvalue weighted by atomic mass is 10.2. The molecule has 1 nitrogen and oxygen atoms in total. The Balaban J connectivity index is 0.000000461. The topological polar surface area (TPSA) is 3.24 Å². The maximum absolute atomic E-state index is 12.6. The summed E-state index contributed by atoms with van der Waals surface area (Å²) in [6.45, 7) is 6.00. The van der Waals surface area contributed by atoms with E-state index in [1.807, 2.05) is 13.8 Å². The molecule has 0 aliphatic carbocycles. The van der Waals surface area contributed by atoms with Crippen molar-refractivity contribution in [2.75, 3.05) is 20.1 Å². The van der Waals surface area contributed by atoms with Crippen LogP contribution < -0.4 is 0 Å². The zero-order valence-electron chi connectivity index (χ0n) is 7.94. The standard InChI is InChI=1S/C7H14FN.C2H6/c1-9-5-2-3-7(8)4-6-9;1-2/h7H,2-6H2,1H3;1-2H3/t7-;/m1./s1. The molecule has 1 heterocycles. The highest BCUT2D eigenvalue weighted by molar-refractivity contribution is 4.65. The van der Waals surface area contributed by atoms with Gasteiger partial charge in [-0.15, -0.1) is 0 Å². The lowest BCUT2D eigenvalue weighted by Gasteiger charge is -2.10. The van der Waals surface area contributed by atoms with Gasteiger partial charge in [-0.1, -0.05) is 13.8 Å². The average molecular weight is 161 g/mol. The Labute approximate surface area is 69.6 Å². The molecule has 1 aliphatic rings. The van der Waals surface area contributed by atoms with Gasteiger partial charge in [0.1, 0.15) is 6.17 Å². The number of hydrogen-bond acceptors (Lipinski definition) is 1. The molecule has 1 aliphatic heterocycles. The van der Waals surface area contributed by atoms with Crippen LogP contribution in [0.5, 0.6) is 0 Å². The lowest BCUT2D eigenvalue weighted by Crippen LogP contribution is -2.18. The first-order valence-electron chi connectivity index (χ1n) is 4.61. The maximum Gasteiger partial charge on any atom is 0.101 e. The van der Waals surface area contributed by atoms with Crippen molar-refractivity contribution in [2.24, 2.45) is 0 Å². The van der Waals surface area contributed by atoms with Gasteiger partial charge in [-0.05, 0) is 32.9 Å². The molecule has 0 saturated carbocycles. The number of nitrogens with zero attached hydrogens (tertiary/aromatic N) is 1. The fourth-order valence-electron chi connectivity index (χ4n) is 1.20. The second kappa shape index (κ2) is 6.59. The molecular weight excluding hydrogens is 141 g/mol. The summed E-state index contributed by atoms with van der Waals surface area (Å²) in [5.41, 5.74) is 0. The molecule has 0 amide bonds. The molecule has 1 rings (SSSR count). The van der Waals surface area contributed by atoms with Crippen molar-refractivity contribution in [3.8, 4) is 0 Å². The highest BCUT2D eigenvalue weighted by Gasteiger charge is 2.12. The first-order valence-corrected chi connectivity index (χ1v) is 4.61. The van der Waals surface area contributed by atoms with Crippen LogP contribution in [0.4, 0.5) is 4.39 Å². The van der Waals surface area contributed by atoms with E-state index in [0.717, 1.165) is 32.4 Å². The number of likely N-dealkylation sites (tertiary alicyclic amines) is 1. The van der Waals surface area contributed by atoms with Crippen LogP contribution in [0.2, 0.25) is 0 Å². The Morgan fingerprint density at radius 2 is 1.82 bits per heavy atom. The van der Waals surface area contributed by atoms with E-state index in [-0.39, 0.29) is 0 Å². The van der Waals surface area contributed by atoms with E-state index in [2.05, 4.69) is 11.9 Å². The van der Waals surface area contributed by atoms with Crippen LogP contribution in [0.1, 0.15) is 33.1 Å². The molecule has 0 aromatic heterocycles. The zero-order chi connectivity index (χ0) is 8.69. The Kier molecular flexibility index (Phi) is 6.52. The Morgan fingerprint density at radius 1 is 1.18 bits per heavy atom. The van der Waals surface area contributed by atoms with Crippen LogP contribution in [-0.4, -0.2) is 31.2 Å². The number of hydrogen-bond donors (Lipinski definition) is 0. The molecule has 11 heavy (non-hydrogen) atoms. The molecule has 1 saturated heterocycles. The van der Waals surface area contributed by atoms with Crippen LogP contribution in [-0.2, 0) is 0 Å². The molecule has 0 N–H and O–H groups in total. The molecule has 0 unspecified atom stereocenters. The van der Waals surface area contributed by atoms with Gasteiger partial charge in [-0.25, -0.2) is 4.39 Å². The third-order valence-electron chi connectivity index (χ3n) is 1.88. The number of rotatable bonds is 0. The number of halogens is 1. The van der Waals surface area contributed by atoms with Gasteiger partial charge in [0.25, 0.3) is 0 Å². The summed E-state index contributed by atoms with van der Waals surface area (Å²) in [6.07, 6.45) is 1.99. The van der Waals surface area contributed by atoms with Crippen molar-refractivity contribution in [1.29, 1.82) is 0 Å². The second-order valence-electron chi connectivity index (χ2n) is 2.83. The molecular formula is C9H20FN. The Morgan fingerprint density at radius 3 is 2.45 bits per heavy atom. The van der Waals surface area contributed by atoms with E-state index >= 15 is 0 Å². The van der Waals surface area contributed by atoms with E-state index in [4.69, 9.17) is 0 Å². The first-order chi connectivity index (χ1) is 5.29. The van der Waals surface area contributed by atoms with Crippen molar-refractivity contribution in [1.82, 2.24) is 4.90 Å². The van der Waals surface area contributed by atoms with E-state index in [1.165, 1.54) is 0 Å². The minimum absolute atomic E-state index is 0.532. The van der Waals surface area contributed by atoms with Gasteiger partial charge in [0.05, 0.1) is 0 Å². The van der Waals surface area contributed by atoms with Crippen LogP contribution in [0.3, 0.4) is 0 Å². The molecule has 0 spiro atoms. The Bertz CT molecular complexity index is 75.6. The summed E-state index contributed by atoms with van der Waals surface area (Å²) in [4.78, 5) is 2.19. The fourth-order valence-corrected chi connectivity index (χ4v) is 1.20. The zero-order valence-corrected chi connectivity index (χ0v) is 7.94. The molecule has 0 bridgehead atoms. The fraction of sp³-hybridized carbons (Fsp3) is 1.00. The van der Waals surface area contributed by atoms with Gasteiger partial charge in [0, 0.05) is 6.54 Å². The second-order valence-corrected chi connectivity index (χ2v) is 2.83. The van der Waals surface area contributed by atoms with E-state index in [0.29, 0.717) is 0 Å². The van der Waals surface area contributed by atoms with Crippen molar-refractivity contribution in [3.63, 3.8) is 0 Å². The SMILES string of the molecule is CC.CN1CCC[C@@H](F)CC1. The van der Waals surface area contributed by atoms with E-state index in [1.54, 1.807) is 0 Å². The summed E-state index contributed by atoms with van der Waals surface area (Å²) in [7, 11) is 2.05. The van der Waals surface area contributed by atoms with Crippen molar-refractivity contribution >= 4 is 0 Å². The number of alkyl halides is 1. The minimum atomic E-state index is -0.532. The molecule has 2 heteroatoms. The van der Waals surface area contributed by atoms with E-state index in [9.17, 15) is 4.39 Å². The molecule has 1 atom stereocenters. The minimum Gasteiger partial charge on any atom is -0.306 e. The summed E-state index contributed by atoms with van der Waals surface area (Å²) in [6, 6.07) is 0. The first kappa shape index (κ1) is 10.9. The van der Waals surface area contributed by atoms with Crippen LogP contribution in [0.15, 0.2) is 0 Å². The predicted molar refractivity (Wildman–Crippen MR) is 47.6 cm³/mol. The monoisotopic (exact) mass is 161 g/mol. The van der Waals surface area contributed by atoms with Crippen molar-refractivity contribution in [3.05, 3.63) is 0 Å². The quantitative estimate of drug-likeness (QED) is 0.527. The predicted octanol–water partition coefficient (Wildman–Crippen LogP) is 2.47.